The molecule has 5 heteroatoms. The van der Waals surface area contributed by atoms with Crippen LogP contribution in [0.2, 0.25) is 0 Å². The molecule has 1 aromatic carbocycles. The Bertz CT molecular complexity index is 724. The second-order valence-corrected chi connectivity index (χ2v) is 7.16. The summed E-state index contributed by atoms with van der Waals surface area (Å²) >= 11 is 0. The Kier molecular flexibility index (Phi) is 6.21. The number of aryl methyl sites for hydroxylation is 1. The smallest absolute Gasteiger partial charge is 0.270 e. The van der Waals surface area contributed by atoms with E-state index >= 15 is 0 Å². The molecule has 2 aromatic rings. The van der Waals surface area contributed by atoms with Gasteiger partial charge in [0, 0.05) is 11.7 Å². The molecular formula is C21H28N4O. The molecule has 1 unspecified atom stereocenters. The van der Waals surface area contributed by atoms with Crippen molar-refractivity contribution in [3.8, 4) is 0 Å². The van der Waals surface area contributed by atoms with Gasteiger partial charge in [-0.2, -0.15) is 0 Å². The van der Waals surface area contributed by atoms with Crippen LogP contribution in [0, 0.1) is 6.92 Å². The number of benzene rings is 1. The van der Waals surface area contributed by atoms with Gasteiger partial charge in [-0.15, -0.1) is 0 Å². The van der Waals surface area contributed by atoms with Gasteiger partial charge in [-0.25, -0.2) is 9.97 Å². The van der Waals surface area contributed by atoms with Gasteiger partial charge in [-0.3, -0.25) is 4.79 Å². The standard InChI is InChI=1S/C21H28N4O/c1-15-14-19(20(26)23-16(2)17-10-6-5-7-11-17)25-21(22-15)24-18-12-8-3-4-9-13-18/h5-7,10-11,14,16,18H,3-4,8-9,12-13H2,1-2H3,(H,23,26)(H,22,24,25). The summed E-state index contributed by atoms with van der Waals surface area (Å²) < 4.78 is 0. The quantitative estimate of drug-likeness (QED) is 0.782. The lowest BCUT2D eigenvalue weighted by Crippen LogP contribution is -2.28. The summed E-state index contributed by atoms with van der Waals surface area (Å²) in [4.78, 5) is 21.6. The average molecular weight is 352 g/mol. The molecule has 138 valence electrons. The number of aromatic nitrogens is 2. The van der Waals surface area contributed by atoms with Crippen LogP contribution in [-0.2, 0) is 0 Å². The van der Waals surface area contributed by atoms with Crippen molar-refractivity contribution in [2.75, 3.05) is 5.32 Å². The number of rotatable bonds is 5. The second kappa shape index (κ2) is 8.79. The fourth-order valence-electron chi connectivity index (χ4n) is 3.45. The fourth-order valence-corrected chi connectivity index (χ4v) is 3.45. The average Bonchev–Trinajstić information content (AvgIpc) is 2.90. The lowest BCUT2D eigenvalue weighted by Gasteiger charge is -2.18. The first kappa shape index (κ1) is 18.4. The minimum atomic E-state index is -0.171. The van der Waals surface area contributed by atoms with Gasteiger partial charge in [0.2, 0.25) is 5.95 Å². The third kappa shape index (κ3) is 5.04. The van der Waals surface area contributed by atoms with E-state index < -0.39 is 0 Å². The number of carbonyl (C=O) groups excluding carboxylic acids is 1. The highest BCUT2D eigenvalue weighted by Crippen LogP contribution is 2.20. The number of nitrogens with zero attached hydrogens (tertiary/aromatic N) is 2. The lowest BCUT2D eigenvalue weighted by molar-refractivity contribution is 0.0934. The van der Waals surface area contributed by atoms with Crippen LogP contribution in [0.3, 0.4) is 0 Å². The first-order chi connectivity index (χ1) is 12.6. The number of carbonyl (C=O) groups is 1. The first-order valence-electron chi connectivity index (χ1n) is 9.60. The SMILES string of the molecule is Cc1cc(C(=O)NC(C)c2ccccc2)nc(NC2CCCCCC2)n1. The number of hydrogen-bond donors (Lipinski definition) is 2. The molecule has 0 bridgehead atoms. The van der Waals surface area contributed by atoms with Gasteiger partial charge >= 0.3 is 0 Å². The molecule has 26 heavy (non-hydrogen) atoms. The highest BCUT2D eigenvalue weighted by Gasteiger charge is 2.17. The van der Waals surface area contributed by atoms with Crippen LogP contribution in [0.15, 0.2) is 36.4 Å². The topological polar surface area (TPSA) is 66.9 Å². The summed E-state index contributed by atoms with van der Waals surface area (Å²) in [5.41, 5.74) is 2.29. The van der Waals surface area contributed by atoms with Crippen LogP contribution in [0.1, 0.15) is 73.2 Å². The Labute approximate surface area is 155 Å². The summed E-state index contributed by atoms with van der Waals surface area (Å²) in [5.74, 6) is 0.394. The molecule has 0 spiro atoms. The molecule has 1 saturated carbocycles. The van der Waals surface area contributed by atoms with Crippen LogP contribution < -0.4 is 10.6 Å². The minimum absolute atomic E-state index is 0.0720. The van der Waals surface area contributed by atoms with E-state index in [2.05, 4.69) is 20.6 Å². The van der Waals surface area contributed by atoms with Crippen molar-refractivity contribution in [3.05, 3.63) is 53.3 Å². The third-order valence-corrected chi connectivity index (χ3v) is 4.92. The van der Waals surface area contributed by atoms with Crippen molar-refractivity contribution >= 4 is 11.9 Å². The molecule has 3 rings (SSSR count). The normalized spacial score (nSPS) is 16.5. The van der Waals surface area contributed by atoms with E-state index in [9.17, 15) is 4.79 Å². The van der Waals surface area contributed by atoms with Gasteiger partial charge in [0.25, 0.3) is 5.91 Å². The summed E-state index contributed by atoms with van der Waals surface area (Å²) in [6.45, 7) is 3.88. The molecule has 1 aliphatic carbocycles. The maximum absolute atomic E-state index is 12.7. The Hall–Kier alpha value is -2.43. The molecule has 1 atom stereocenters. The Balaban J connectivity index is 1.69. The summed E-state index contributed by atoms with van der Waals surface area (Å²) in [5, 5.41) is 6.46. The monoisotopic (exact) mass is 352 g/mol. The van der Waals surface area contributed by atoms with Crippen molar-refractivity contribution in [1.82, 2.24) is 15.3 Å². The van der Waals surface area contributed by atoms with Crippen molar-refractivity contribution in [1.29, 1.82) is 0 Å². The van der Waals surface area contributed by atoms with Crippen molar-refractivity contribution < 1.29 is 4.79 Å². The molecule has 0 saturated heterocycles. The van der Waals surface area contributed by atoms with Crippen molar-refractivity contribution in [3.63, 3.8) is 0 Å². The molecule has 0 aliphatic heterocycles. The largest absolute Gasteiger partial charge is 0.351 e. The molecule has 0 radical (unpaired) electrons. The van der Waals surface area contributed by atoms with Crippen LogP contribution in [-0.4, -0.2) is 21.9 Å². The van der Waals surface area contributed by atoms with Gasteiger partial charge in [-0.05, 0) is 38.3 Å². The number of anilines is 1. The van der Waals surface area contributed by atoms with Crippen molar-refractivity contribution in [2.24, 2.45) is 0 Å². The fraction of sp³-hybridized carbons (Fsp3) is 0.476. The highest BCUT2D eigenvalue weighted by molar-refractivity contribution is 5.92. The summed E-state index contributed by atoms with van der Waals surface area (Å²) in [6, 6.07) is 12.0. The second-order valence-electron chi connectivity index (χ2n) is 7.16. The number of nitrogens with one attached hydrogen (secondary N) is 2. The summed E-state index contributed by atoms with van der Waals surface area (Å²) in [6.07, 6.45) is 7.38. The Morgan fingerprint density at radius 2 is 1.77 bits per heavy atom. The zero-order valence-corrected chi connectivity index (χ0v) is 15.7. The van der Waals surface area contributed by atoms with Gasteiger partial charge in [0.15, 0.2) is 0 Å². The van der Waals surface area contributed by atoms with E-state index in [-0.39, 0.29) is 11.9 Å². The van der Waals surface area contributed by atoms with Crippen LogP contribution in [0.5, 0.6) is 0 Å². The third-order valence-electron chi connectivity index (χ3n) is 4.92. The Morgan fingerprint density at radius 3 is 2.46 bits per heavy atom. The van der Waals surface area contributed by atoms with Gasteiger partial charge in [-0.1, -0.05) is 56.0 Å². The zero-order chi connectivity index (χ0) is 18.4. The zero-order valence-electron chi connectivity index (χ0n) is 15.7. The molecule has 2 N–H and O–H groups in total. The van der Waals surface area contributed by atoms with Crippen LogP contribution >= 0.6 is 0 Å². The molecule has 1 fully saturated rings. The first-order valence-corrected chi connectivity index (χ1v) is 9.60. The van der Waals surface area contributed by atoms with E-state index in [4.69, 9.17) is 0 Å². The number of amides is 1. The van der Waals surface area contributed by atoms with E-state index in [1.807, 2.05) is 44.2 Å². The molecular weight excluding hydrogens is 324 g/mol. The minimum Gasteiger partial charge on any atom is -0.351 e. The van der Waals surface area contributed by atoms with Crippen LogP contribution in [0.25, 0.3) is 0 Å². The van der Waals surface area contributed by atoms with Crippen molar-refractivity contribution in [2.45, 2.75) is 64.5 Å². The lowest BCUT2D eigenvalue weighted by atomic mass is 10.1. The van der Waals surface area contributed by atoms with Crippen LogP contribution in [0.4, 0.5) is 5.95 Å². The summed E-state index contributed by atoms with van der Waals surface area (Å²) in [7, 11) is 0. The van der Waals surface area contributed by atoms with Gasteiger partial charge in [0.1, 0.15) is 5.69 Å². The molecule has 1 aromatic heterocycles. The van der Waals surface area contributed by atoms with Gasteiger partial charge in [0.05, 0.1) is 6.04 Å². The predicted octanol–water partition coefficient (Wildman–Crippen LogP) is 4.41. The van der Waals surface area contributed by atoms with E-state index in [0.717, 1.165) is 24.1 Å². The Morgan fingerprint density at radius 1 is 1.08 bits per heavy atom. The highest BCUT2D eigenvalue weighted by atomic mass is 16.1. The molecule has 1 amide bonds. The van der Waals surface area contributed by atoms with E-state index in [0.29, 0.717) is 17.7 Å². The maximum Gasteiger partial charge on any atom is 0.270 e. The molecule has 1 aliphatic rings. The van der Waals surface area contributed by atoms with E-state index in [1.54, 1.807) is 6.07 Å². The maximum atomic E-state index is 12.7. The predicted molar refractivity (Wildman–Crippen MR) is 104 cm³/mol. The van der Waals surface area contributed by atoms with Gasteiger partial charge < -0.3 is 10.6 Å². The molecule has 5 nitrogen and oxygen atoms in total. The molecule has 1 heterocycles. The number of hydrogen-bond acceptors (Lipinski definition) is 4. The van der Waals surface area contributed by atoms with E-state index in [1.165, 1.54) is 25.7 Å².